The molecule has 5 nitrogen and oxygen atoms in total. The van der Waals surface area contributed by atoms with E-state index in [2.05, 4.69) is 30.2 Å². The number of hydrogen-bond acceptors (Lipinski definition) is 4. The Morgan fingerprint density at radius 2 is 1.97 bits per heavy atom. The van der Waals surface area contributed by atoms with Crippen LogP contribution in [0.25, 0.3) is 0 Å². The van der Waals surface area contributed by atoms with Gasteiger partial charge in [0.05, 0.1) is 5.69 Å². The molecular formula is C26H37N3O2S. The Labute approximate surface area is 196 Å². The van der Waals surface area contributed by atoms with E-state index >= 15 is 0 Å². The number of amides is 2. The lowest BCUT2D eigenvalue weighted by atomic mass is 9.47. The molecule has 0 radical (unpaired) electrons. The molecule has 1 aromatic heterocycles. The minimum atomic E-state index is 0.0862. The lowest BCUT2D eigenvalue weighted by Crippen LogP contribution is -2.59. The smallest absolute Gasteiger partial charge is 0.246 e. The summed E-state index contributed by atoms with van der Waals surface area (Å²) in [6, 6.07) is 0.332. The van der Waals surface area contributed by atoms with Gasteiger partial charge in [-0.2, -0.15) is 0 Å². The van der Waals surface area contributed by atoms with Crippen LogP contribution in [0.15, 0.2) is 12.2 Å². The SMILES string of the molecule is Cc1nc(NC(=O)C[C@H]2CCC3C4CCC5N(C)C(=O)C=C[C@]5(C)C4CC[C@@]32C)sc1C. The molecular weight excluding hydrogens is 418 g/mol. The molecule has 1 N–H and O–H groups in total. The molecule has 1 aromatic rings. The quantitative estimate of drug-likeness (QED) is 0.669. The first-order chi connectivity index (χ1) is 15.1. The van der Waals surface area contributed by atoms with Crippen molar-refractivity contribution in [3.63, 3.8) is 0 Å². The lowest BCUT2D eigenvalue weighted by Gasteiger charge is -2.60. The van der Waals surface area contributed by atoms with Gasteiger partial charge in [-0.1, -0.05) is 19.9 Å². The second-order valence-electron chi connectivity index (χ2n) is 11.4. The van der Waals surface area contributed by atoms with Crippen molar-refractivity contribution in [2.45, 2.75) is 78.7 Å². The first kappa shape index (κ1) is 22.1. The number of hydrogen-bond donors (Lipinski definition) is 1. The van der Waals surface area contributed by atoms with Crippen LogP contribution in [0.5, 0.6) is 0 Å². The maximum absolute atomic E-state index is 12.9. The topological polar surface area (TPSA) is 62.3 Å². The summed E-state index contributed by atoms with van der Waals surface area (Å²) < 4.78 is 0. The highest BCUT2D eigenvalue weighted by Gasteiger charge is 2.60. The fourth-order valence-electron chi connectivity index (χ4n) is 8.10. The van der Waals surface area contributed by atoms with E-state index in [1.54, 1.807) is 11.3 Å². The molecule has 3 saturated carbocycles. The van der Waals surface area contributed by atoms with Crippen LogP contribution in [0.2, 0.25) is 0 Å². The minimum Gasteiger partial charge on any atom is -0.338 e. The molecule has 0 aromatic carbocycles. The predicted molar refractivity (Wildman–Crippen MR) is 128 cm³/mol. The highest BCUT2D eigenvalue weighted by molar-refractivity contribution is 7.15. The van der Waals surface area contributed by atoms with E-state index in [4.69, 9.17) is 0 Å². The van der Waals surface area contributed by atoms with Crippen molar-refractivity contribution in [1.82, 2.24) is 9.88 Å². The molecule has 3 aliphatic carbocycles. The molecule has 0 saturated heterocycles. The molecule has 0 spiro atoms. The molecule has 2 amide bonds. The van der Waals surface area contributed by atoms with Crippen LogP contribution in [-0.2, 0) is 9.59 Å². The summed E-state index contributed by atoms with van der Waals surface area (Å²) in [5.41, 5.74) is 1.34. The standard InChI is InChI=1S/C26H37N3O2S/c1-15-16(2)32-24(27-15)28-22(30)14-17-6-8-19-18-7-9-21-26(4,13-11-23(31)29(21)5)20(18)10-12-25(17,19)3/h11,13,17-21H,6-10,12,14H2,1-5H3,(H,27,28,30)/t17-,18?,19?,20?,21?,25-,26-/m1/s1. The maximum Gasteiger partial charge on any atom is 0.246 e. The summed E-state index contributed by atoms with van der Waals surface area (Å²) in [4.78, 5) is 32.8. The van der Waals surface area contributed by atoms with Crippen molar-refractivity contribution in [1.29, 1.82) is 0 Å². The van der Waals surface area contributed by atoms with E-state index in [1.165, 1.54) is 30.6 Å². The maximum atomic E-state index is 12.9. The molecule has 4 unspecified atom stereocenters. The summed E-state index contributed by atoms with van der Waals surface area (Å²) in [7, 11) is 1.98. The summed E-state index contributed by atoms with van der Waals surface area (Å²) in [5, 5.41) is 3.81. The van der Waals surface area contributed by atoms with Gasteiger partial charge in [-0.25, -0.2) is 4.98 Å². The molecule has 4 aliphatic rings. The third-order valence-electron chi connectivity index (χ3n) is 10.0. The Hall–Kier alpha value is -1.69. The van der Waals surface area contributed by atoms with Crippen molar-refractivity contribution in [3.8, 4) is 0 Å². The zero-order valence-electron chi connectivity index (χ0n) is 20.1. The Bertz CT molecular complexity index is 951. The van der Waals surface area contributed by atoms with Crippen LogP contribution in [-0.4, -0.2) is 34.8 Å². The normalized spacial score (nSPS) is 40.6. The lowest BCUT2D eigenvalue weighted by molar-refractivity contribution is -0.139. The number of thiazole rings is 1. The van der Waals surface area contributed by atoms with Gasteiger partial charge in [-0.15, -0.1) is 11.3 Å². The van der Waals surface area contributed by atoms with Crippen LogP contribution < -0.4 is 5.32 Å². The molecule has 32 heavy (non-hydrogen) atoms. The molecule has 2 heterocycles. The van der Waals surface area contributed by atoms with Gasteiger partial charge in [0.15, 0.2) is 5.13 Å². The van der Waals surface area contributed by atoms with Crippen molar-refractivity contribution < 1.29 is 9.59 Å². The van der Waals surface area contributed by atoms with Gasteiger partial charge in [0.2, 0.25) is 11.8 Å². The van der Waals surface area contributed by atoms with E-state index < -0.39 is 0 Å². The number of aromatic nitrogens is 1. The van der Waals surface area contributed by atoms with Crippen molar-refractivity contribution in [2.24, 2.45) is 34.5 Å². The largest absolute Gasteiger partial charge is 0.338 e. The van der Waals surface area contributed by atoms with E-state index in [1.807, 2.05) is 31.9 Å². The number of nitrogens with zero attached hydrogens (tertiary/aromatic N) is 2. The number of likely N-dealkylation sites (N-methyl/N-ethyl adjacent to an activating group) is 1. The number of carbonyl (C=O) groups is 2. The Kier molecular flexibility index (Phi) is 5.31. The summed E-state index contributed by atoms with van der Waals surface area (Å²) in [6.07, 6.45) is 11.8. The molecule has 6 heteroatoms. The van der Waals surface area contributed by atoms with Crippen LogP contribution >= 0.6 is 11.3 Å². The second-order valence-corrected chi connectivity index (χ2v) is 12.6. The number of anilines is 1. The predicted octanol–water partition coefficient (Wildman–Crippen LogP) is 5.34. The average molecular weight is 456 g/mol. The molecule has 7 atom stereocenters. The number of fused-ring (bicyclic) bond motifs is 5. The third-order valence-corrected chi connectivity index (χ3v) is 11.0. The highest BCUT2D eigenvalue weighted by Crippen LogP contribution is 2.65. The minimum absolute atomic E-state index is 0.0862. The monoisotopic (exact) mass is 455 g/mol. The number of aryl methyl sites for hydroxylation is 2. The number of rotatable bonds is 3. The van der Waals surface area contributed by atoms with Crippen LogP contribution in [0, 0.1) is 48.3 Å². The van der Waals surface area contributed by atoms with Crippen LogP contribution in [0.4, 0.5) is 5.13 Å². The fourth-order valence-corrected chi connectivity index (χ4v) is 8.93. The van der Waals surface area contributed by atoms with E-state index in [9.17, 15) is 9.59 Å². The third kappa shape index (κ3) is 3.27. The van der Waals surface area contributed by atoms with Gasteiger partial charge in [0.25, 0.3) is 0 Å². The Balaban J connectivity index is 1.31. The summed E-state index contributed by atoms with van der Waals surface area (Å²) in [5.74, 6) is 2.77. The van der Waals surface area contributed by atoms with E-state index in [0.29, 0.717) is 36.1 Å². The first-order valence-electron chi connectivity index (χ1n) is 12.3. The average Bonchev–Trinajstić information content (AvgIpc) is 3.23. The zero-order chi connectivity index (χ0) is 22.8. The molecule has 1 aliphatic heterocycles. The first-order valence-corrected chi connectivity index (χ1v) is 13.1. The summed E-state index contributed by atoms with van der Waals surface area (Å²) in [6.45, 7) is 8.91. The Morgan fingerprint density at radius 3 is 2.69 bits per heavy atom. The van der Waals surface area contributed by atoms with Crippen LogP contribution in [0.1, 0.15) is 69.4 Å². The van der Waals surface area contributed by atoms with Gasteiger partial charge < -0.3 is 10.2 Å². The number of carbonyl (C=O) groups excluding carboxylic acids is 2. The summed E-state index contributed by atoms with van der Waals surface area (Å²) >= 11 is 1.57. The van der Waals surface area contributed by atoms with Gasteiger partial charge in [0.1, 0.15) is 0 Å². The molecule has 5 rings (SSSR count). The molecule has 174 valence electrons. The van der Waals surface area contributed by atoms with Crippen LogP contribution in [0.3, 0.4) is 0 Å². The fraction of sp³-hybridized carbons (Fsp3) is 0.731. The molecule has 0 bridgehead atoms. The van der Waals surface area contributed by atoms with Gasteiger partial charge in [-0.05, 0) is 87.5 Å². The molecule has 3 fully saturated rings. The number of nitrogens with one attached hydrogen (secondary N) is 1. The zero-order valence-corrected chi connectivity index (χ0v) is 20.9. The van der Waals surface area contributed by atoms with Gasteiger partial charge in [0, 0.05) is 29.8 Å². The van der Waals surface area contributed by atoms with E-state index in [0.717, 1.165) is 23.7 Å². The van der Waals surface area contributed by atoms with Gasteiger partial charge >= 0.3 is 0 Å². The van der Waals surface area contributed by atoms with Crippen molar-refractivity contribution in [2.75, 3.05) is 12.4 Å². The van der Waals surface area contributed by atoms with Gasteiger partial charge in [-0.3, -0.25) is 9.59 Å². The second kappa shape index (κ2) is 7.68. The van der Waals surface area contributed by atoms with E-state index in [-0.39, 0.29) is 22.6 Å². The highest BCUT2D eigenvalue weighted by atomic mass is 32.1. The van der Waals surface area contributed by atoms with Crippen molar-refractivity contribution in [3.05, 3.63) is 22.7 Å². The van der Waals surface area contributed by atoms with Crippen molar-refractivity contribution >= 4 is 28.3 Å². The Morgan fingerprint density at radius 1 is 1.19 bits per heavy atom.